The van der Waals surface area contributed by atoms with Crippen molar-refractivity contribution >= 4 is 10.9 Å². The predicted molar refractivity (Wildman–Crippen MR) is 115 cm³/mol. The van der Waals surface area contributed by atoms with Crippen molar-refractivity contribution in [2.45, 2.75) is 32.0 Å². The Morgan fingerprint density at radius 3 is 2.68 bits per heavy atom. The highest BCUT2D eigenvalue weighted by Crippen LogP contribution is 2.22. The van der Waals surface area contributed by atoms with E-state index < -0.39 is 6.29 Å². The molecule has 4 rings (SSSR count). The first-order valence-electron chi connectivity index (χ1n) is 10.1. The normalized spacial score (nSPS) is 12.4. The van der Waals surface area contributed by atoms with Gasteiger partial charge in [-0.25, -0.2) is 9.37 Å². The summed E-state index contributed by atoms with van der Waals surface area (Å²) in [4.78, 5) is 18.1. The topological polar surface area (TPSA) is 93.0 Å². The molecule has 2 aromatic carbocycles. The van der Waals surface area contributed by atoms with E-state index in [-0.39, 0.29) is 11.4 Å². The number of rotatable bonds is 8. The lowest BCUT2D eigenvalue weighted by Gasteiger charge is -2.14. The third kappa shape index (κ3) is 4.55. The second kappa shape index (κ2) is 9.20. The minimum atomic E-state index is -0.805. The zero-order chi connectivity index (χ0) is 21.8. The van der Waals surface area contributed by atoms with Crippen molar-refractivity contribution in [2.75, 3.05) is 7.11 Å². The SMILES string of the molecule is COC(O)CCCCc1nc2cc(-c3cc[nH]n3)ccc2c(=O)n1-c1ccc(F)cc1. The number of halogens is 1. The molecule has 0 spiro atoms. The average molecular weight is 422 g/mol. The van der Waals surface area contributed by atoms with E-state index in [4.69, 9.17) is 9.72 Å². The van der Waals surface area contributed by atoms with Crippen LogP contribution in [0, 0.1) is 5.82 Å². The predicted octanol–water partition coefficient (Wildman–Crippen LogP) is 3.59. The highest BCUT2D eigenvalue weighted by molar-refractivity contribution is 5.83. The maximum absolute atomic E-state index is 13.4. The number of fused-ring (bicyclic) bond motifs is 1. The van der Waals surface area contributed by atoms with Crippen LogP contribution in [0.25, 0.3) is 27.8 Å². The minimum Gasteiger partial charge on any atom is -0.368 e. The number of aromatic amines is 1. The fraction of sp³-hybridized carbons (Fsp3) is 0.261. The Hall–Kier alpha value is -3.36. The fourth-order valence-corrected chi connectivity index (χ4v) is 3.56. The lowest BCUT2D eigenvalue weighted by Crippen LogP contribution is -2.24. The second-order valence-electron chi connectivity index (χ2n) is 7.27. The summed E-state index contributed by atoms with van der Waals surface area (Å²) < 4.78 is 19.8. The van der Waals surface area contributed by atoms with Gasteiger partial charge >= 0.3 is 0 Å². The number of aliphatic hydroxyl groups is 1. The number of nitrogens with one attached hydrogen (secondary N) is 1. The Morgan fingerprint density at radius 1 is 1.16 bits per heavy atom. The maximum Gasteiger partial charge on any atom is 0.265 e. The number of nitrogens with zero attached hydrogens (tertiary/aromatic N) is 3. The third-order valence-corrected chi connectivity index (χ3v) is 5.19. The van der Waals surface area contributed by atoms with Gasteiger partial charge in [-0.2, -0.15) is 5.10 Å². The van der Waals surface area contributed by atoms with E-state index >= 15 is 0 Å². The summed E-state index contributed by atoms with van der Waals surface area (Å²) in [6.07, 6.45) is 3.36. The number of benzene rings is 2. The highest BCUT2D eigenvalue weighted by atomic mass is 19.1. The van der Waals surface area contributed by atoms with E-state index in [2.05, 4.69) is 10.2 Å². The summed E-state index contributed by atoms with van der Waals surface area (Å²) in [6.45, 7) is 0. The lowest BCUT2D eigenvalue weighted by molar-refractivity contribution is -0.0792. The highest BCUT2D eigenvalue weighted by Gasteiger charge is 2.14. The fourth-order valence-electron chi connectivity index (χ4n) is 3.56. The summed E-state index contributed by atoms with van der Waals surface area (Å²) in [5, 5.41) is 17.0. The monoisotopic (exact) mass is 422 g/mol. The van der Waals surface area contributed by atoms with E-state index in [0.717, 1.165) is 11.3 Å². The van der Waals surface area contributed by atoms with Crippen molar-refractivity contribution < 1.29 is 14.2 Å². The van der Waals surface area contributed by atoms with Gasteiger partial charge in [0.1, 0.15) is 11.6 Å². The van der Waals surface area contributed by atoms with Crippen LogP contribution in [0.2, 0.25) is 0 Å². The minimum absolute atomic E-state index is 0.211. The van der Waals surface area contributed by atoms with Crippen LogP contribution < -0.4 is 5.56 Å². The van der Waals surface area contributed by atoms with Gasteiger partial charge in [-0.15, -0.1) is 0 Å². The van der Waals surface area contributed by atoms with Crippen LogP contribution in [0.5, 0.6) is 0 Å². The van der Waals surface area contributed by atoms with Crippen LogP contribution in [0.3, 0.4) is 0 Å². The van der Waals surface area contributed by atoms with Crippen molar-refractivity contribution in [3.05, 3.63) is 76.7 Å². The van der Waals surface area contributed by atoms with Gasteiger partial charge in [0.15, 0.2) is 6.29 Å². The first-order valence-corrected chi connectivity index (χ1v) is 10.1. The smallest absolute Gasteiger partial charge is 0.265 e. The number of hydrogen-bond donors (Lipinski definition) is 2. The van der Waals surface area contributed by atoms with Gasteiger partial charge in [0, 0.05) is 25.3 Å². The zero-order valence-electron chi connectivity index (χ0n) is 17.1. The van der Waals surface area contributed by atoms with Crippen LogP contribution >= 0.6 is 0 Å². The van der Waals surface area contributed by atoms with Crippen LogP contribution in [0.1, 0.15) is 25.1 Å². The van der Waals surface area contributed by atoms with Crippen LogP contribution in [0.15, 0.2) is 59.5 Å². The number of ether oxygens (including phenoxy) is 1. The first-order chi connectivity index (χ1) is 15.1. The van der Waals surface area contributed by atoms with Crippen molar-refractivity contribution in [3.63, 3.8) is 0 Å². The van der Waals surface area contributed by atoms with E-state index in [1.807, 2.05) is 18.2 Å². The number of hydrogen-bond acceptors (Lipinski definition) is 5. The molecule has 0 fully saturated rings. The zero-order valence-corrected chi connectivity index (χ0v) is 17.1. The Labute approximate surface area is 178 Å². The van der Waals surface area contributed by atoms with Crippen LogP contribution in [0.4, 0.5) is 4.39 Å². The molecule has 31 heavy (non-hydrogen) atoms. The number of aromatic nitrogens is 4. The van der Waals surface area contributed by atoms with Crippen molar-refractivity contribution in [2.24, 2.45) is 0 Å². The molecular formula is C23H23FN4O3. The molecule has 0 aliphatic heterocycles. The number of aryl methyl sites for hydroxylation is 1. The molecule has 4 aromatic rings. The van der Waals surface area contributed by atoms with Crippen molar-refractivity contribution in [3.8, 4) is 16.9 Å². The van der Waals surface area contributed by atoms with Crippen molar-refractivity contribution in [1.29, 1.82) is 0 Å². The Kier molecular flexibility index (Phi) is 6.20. The second-order valence-corrected chi connectivity index (χ2v) is 7.27. The van der Waals surface area contributed by atoms with E-state index in [1.165, 1.54) is 23.8 Å². The van der Waals surface area contributed by atoms with Gasteiger partial charge in [-0.3, -0.25) is 14.5 Å². The summed E-state index contributed by atoms with van der Waals surface area (Å²) >= 11 is 0. The van der Waals surface area contributed by atoms with Crippen LogP contribution in [-0.2, 0) is 11.2 Å². The Bertz CT molecular complexity index is 1220. The molecule has 0 saturated carbocycles. The maximum atomic E-state index is 13.4. The summed E-state index contributed by atoms with van der Waals surface area (Å²) in [6, 6.07) is 13.1. The molecule has 2 heterocycles. The Balaban J connectivity index is 1.76. The standard InChI is InChI=1S/C23H23FN4O3/c1-31-22(29)5-3-2-4-21-26-20-14-15(19-12-13-25-27-19)6-11-18(20)23(30)28(21)17-9-7-16(24)8-10-17/h6-14,22,29H,2-5H2,1H3,(H,25,27). The molecule has 0 amide bonds. The molecule has 160 valence electrons. The van der Waals surface area contributed by atoms with Gasteiger partial charge in [-0.1, -0.05) is 6.07 Å². The molecule has 1 atom stereocenters. The van der Waals surface area contributed by atoms with E-state index in [1.54, 1.807) is 24.4 Å². The van der Waals surface area contributed by atoms with Gasteiger partial charge in [0.2, 0.25) is 0 Å². The van der Waals surface area contributed by atoms with Gasteiger partial charge in [0.05, 0.1) is 22.3 Å². The molecule has 0 saturated heterocycles. The van der Waals surface area contributed by atoms with Crippen LogP contribution in [-0.4, -0.2) is 38.3 Å². The molecule has 0 radical (unpaired) electrons. The summed E-state index contributed by atoms with van der Waals surface area (Å²) in [7, 11) is 1.46. The average Bonchev–Trinajstić information content (AvgIpc) is 3.32. The van der Waals surface area contributed by atoms with Gasteiger partial charge < -0.3 is 9.84 Å². The first kappa shape index (κ1) is 20.9. The summed E-state index contributed by atoms with van der Waals surface area (Å²) in [5.74, 6) is 0.208. The molecule has 2 N–H and O–H groups in total. The largest absolute Gasteiger partial charge is 0.368 e. The molecule has 7 nitrogen and oxygen atoms in total. The van der Waals surface area contributed by atoms with Crippen molar-refractivity contribution in [1.82, 2.24) is 19.7 Å². The third-order valence-electron chi connectivity index (χ3n) is 5.19. The molecule has 0 aliphatic carbocycles. The molecule has 1 unspecified atom stereocenters. The molecule has 8 heteroatoms. The Morgan fingerprint density at radius 2 is 1.97 bits per heavy atom. The lowest BCUT2D eigenvalue weighted by atomic mass is 10.1. The quantitative estimate of drug-likeness (QED) is 0.334. The van der Waals surface area contributed by atoms with Gasteiger partial charge in [0.25, 0.3) is 5.56 Å². The number of H-pyrrole nitrogens is 1. The number of aliphatic hydroxyl groups excluding tert-OH is 1. The number of unbranched alkanes of at least 4 members (excludes halogenated alkanes) is 1. The molecule has 2 aromatic heterocycles. The molecule has 0 aliphatic rings. The molecular weight excluding hydrogens is 399 g/mol. The number of methoxy groups -OCH3 is 1. The molecule has 0 bridgehead atoms. The van der Waals surface area contributed by atoms with E-state index in [0.29, 0.717) is 48.1 Å². The van der Waals surface area contributed by atoms with Gasteiger partial charge in [-0.05, 0) is 61.7 Å². The summed E-state index contributed by atoms with van der Waals surface area (Å²) in [5.41, 5.74) is 2.55. The van der Waals surface area contributed by atoms with E-state index in [9.17, 15) is 14.3 Å².